The second kappa shape index (κ2) is 7.45. The fourth-order valence-corrected chi connectivity index (χ4v) is 5.35. The van der Waals surface area contributed by atoms with Crippen molar-refractivity contribution >= 4 is 17.9 Å². The molecular formula is C21H26N4O5. The van der Waals surface area contributed by atoms with Crippen molar-refractivity contribution in [3.8, 4) is 5.88 Å². The SMILES string of the molecule is COc1nc2c(cc1C(=O)N1C[C@H]3CC[C@@H](C1)C3NC(=O)[C@@H]1COC(=O)N1)CCC2. The van der Waals surface area contributed by atoms with Crippen LogP contribution < -0.4 is 15.4 Å². The first kappa shape index (κ1) is 19.1. The van der Waals surface area contributed by atoms with Crippen molar-refractivity contribution in [3.63, 3.8) is 0 Å². The third kappa shape index (κ3) is 3.26. The number of pyridine rings is 1. The van der Waals surface area contributed by atoms with Crippen molar-refractivity contribution in [3.05, 3.63) is 22.9 Å². The van der Waals surface area contributed by atoms with Gasteiger partial charge in [-0.3, -0.25) is 9.59 Å². The number of carbonyl (C=O) groups excluding carboxylic acids is 3. The molecule has 9 heteroatoms. The van der Waals surface area contributed by atoms with Crippen LogP contribution in [-0.2, 0) is 22.4 Å². The standard InChI is InChI=1S/C21H26N4O5/c1-29-19-14(7-11-3-2-4-15(11)22-19)20(27)25-8-12-5-6-13(9-25)17(12)24-18(26)16-10-30-21(28)23-16/h7,12-13,16-17H,2-6,8-10H2,1H3,(H,23,28)(H,24,26)/t12-,13+,16-,17?/m0/s1. The van der Waals surface area contributed by atoms with E-state index >= 15 is 0 Å². The monoisotopic (exact) mass is 414 g/mol. The first-order chi connectivity index (χ1) is 14.5. The molecule has 2 aliphatic heterocycles. The molecule has 1 aromatic rings. The highest BCUT2D eigenvalue weighted by molar-refractivity contribution is 5.97. The van der Waals surface area contributed by atoms with Gasteiger partial charge >= 0.3 is 6.09 Å². The first-order valence-corrected chi connectivity index (χ1v) is 10.6. The number of carbonyl (C=O) groups is 3. The number of piperidine rings is 1. The van der Waals surface area contributed by atoms with Crippen LogP contribution in [0.3, 0.4) is 0 Å². The fraction of sp³-hybridized carbons (Fsp3) is 0.619. The predicted molar refractivity (Wildman–Crippen MR) is 105 cm³/mol. The van der Waals surface area contributed by atoms with Crippen LogP contribution in [-0.4, -0.2) is 66.7 Å². The molecule has 160 valence electrons. The number of methoxy groups -OCH3 is 1. The smallest absolute Gasteiger partial charge is 0.407 e. The van der Waals surface area contributed by atoms with Gasteiger partial charge in [0.05, 0.1) is 7.11 Å². The van der Waals surface area contributed by atoms with E-state index < -0.39 is 12.1 Å². The Morgan fingerprint density at radius 2 is 2.03 bits per heavy atom. The molecule has 0 radical (unpaired) electrons. The molecule has 4 atom stereocenters. The molecule has 3 amide bonds. The summed E-state index contributed by atoms with van der Waals surface area (Å²) in [5.74, 6) is 0.533. The van der Waals surface area contributed by atoms with Crippen molar-refractivity contribution in [1.29, 1.82) is 0 Å². The van der Waals surface area contributed by atoms with Gasteiger partial charge in [-0.2, -0.15) is 0 Å². The number of hydrogen-bond acceptors (Lipinski definition) is 6. The highest BCUT2D eigenvalue weighted by Gasteiger charge is 2.45. The average molecular weight is 414 g/mol. The number of likely N-dealkylation sites (tertiary alicyclic amines) is 1. The van der Waals surface area contributed by atoms with E-state index in [1.54, 1.807) is 7.11 Å². The van der Waals surface area contributed by atoms with Crippen LogP contribution in [0.1, 0.15) is 40.9 Å². The largest absolute Gasteiger partial charge is 0.480 e. The third-order valence-electron chi connectivity index (χ3n) is 6.86. The molecule has 9 nitrogen and oxygen atoms in total. The zero-order valence-corrected chi connectivity index (χ0v) is 17.0. The van der Waals surface area contributed by atoms with Crippen molar-refractivity contribution in [2.45, 2.75) is 44.2 Å². The fourth-order valence-electron chi connectivity index (χ4n) is 5.35. The molecule has 2 N–H and O–H groups in total. The van der Waals surface area contributed by atoms with Crippen LogP contribution in [0.15, 0.2) is 6.07 Å². The molecular weight excluding hydrogens is 388 g/mol. The maximum atomic E-state index is 13.3. The van der Waals surface area contributed by atoms with Gasteiger partial charge in [0.2, 0.25) is 11.8 Å². The lowest BCUT2D eigenvalue weighted by atomic mass is 9.91. The van der Waals surface area contributed by atoms with E-state index in [1.807, 2.05) is 11.0 Å². The van der Waals surface area contributed by atoms with Gasteiger partial charge in [0.15, 0.2) is 0 Å². The number of cyclic esters (lactones) is 1. The van der Waals surface area contributed by atoms with Crippen LogP contribution >= 0.6 is 0 Å². The number of aromatic nitrogens is 1. The number of amides is 3. The van der Waals surface area contributed by atoms with Gasteiger partial charge in [-0.25, -0.2) is 9.78 Å². The Labute approximate surface area is 174 Å². The van der Waals surface area contributed by atoms with E-state index in [1.165, 1.54) is 0 Å². The molecule has 3 fully saturated rings. The van der Waals surface area contributed by atoms with Gasteiger partial charge in [0, 0.05) is 24.8 Å². The van der Waals surface area contributed by atoms with E-state index in [9.17, 15) is 14.4 Å². The van der Waals surface area contributed by atoms with Gasteiger partial charge in [-0.15, -0.1) is 0 Å². The van der Waals surface area contributed by atoms with Gasteiger partial charge in [-0.05, 0) is 55.6 Å². The lowest BCUT2D eigenvalue weighted by Gasteiger charge is -2.38. The van der Waals surface area contributed by atoms with E-state index in [0.29, 0.717) is 24.5 Å². The molecule has 0 aromatic carbocycles. The number of fused-ring (bicyclic) bond motifs is 3. The Balaban J connectivity index is 1.28. The first-order valence-electron chi connectivity index (χ1n) is 10.6. The Morgan fingerprint density at radius 3 is 2.70 bits per heavy atom. The van der Waals surface area contributed by atoms with E-state index in [4.69, 9.17) is 9.47 Å². The highest BCUT2D eigenvalue weighted by atomic mass is 16.6. The summed E-state index contributed by atoms with van der Waals surface area (Å²) in [6.07, 6.45) is 4.31. The minimum atomic E-state index is -0.640. The number of aryl methyl sites for hydroxylation is 2. The van der Waals surface area contributed by atoms with Crippen LogP contribution in [0.5, 0.6) is 5.88 Å². The quantitative estimate of drug-likeness (QED) is 0.749. The maximum absolute atomic E-state index is 13.3. The number of hydrogen-bond donors (Lipinski definition) is 2. The molecule has 3 heterocycles. The van der Waals surface area contributed by atoms with Crippen LogP contribution in [0.4, 0.5) is 4.79 Å². The van der Waals surface area contributed by atoms with Crippen molar-refractivity contribution < 1.29 is 23.9 Å². The van der Waals surface area contributed by atoms with E-state index in [-0.39, 0.29) is 36.3 Å². The Hall–Kier alpha value is -2.84. The zero-order chi connectivity index (χ0) is 20.8. The summed E-state index contributed by atoms with van der Waals surface area (Å²) in [5, 5.41) is 5.61. The van der Waals surface area contributed by atoms with Gasteiger partial charge in [0.1, 0.15) is 18.2 Å². The second-order valence-electron chi connectivity index (χ2n) is 8.64. The maximum Gasteiger partial charge on any atom is 0.407 e. The molecule has 2 aliphatic carbocycles. The Bertz CT molecular complexity index is 890. The van der Waals surface area contributed by atoms with Crippen molar-refractivity contribution in [2.75, 3.05) is 26.8 Å². The normalized spacial score (nSPS) is 29.2. The minimum absolute atomic E-state index is 0.0130. The molecule has 5 rings (SSSR count). The molecule has 30 heavy (non-hydrogen) atoms. The molecule has 2 saturated heterocycles. The van der Waals surface area contributed by atoms with Crippen LogP contribution in [0.2, 0.25) is 0 Å². The van der Waals surface area contributed by atoms with Crippen LogP contribution in [0, 0.1) is 11.8 Å². The predicted octanol–water partition coefficient (Wildman–Crippen LogP) is 0.654. The second-order valence-corrected chi connectivity index (χ2v) is 8.64. The minimum Gasteiger partial charge on any atom is -0.480 e. The number of nitrogens with one attached hydrogen (secondary N) is 2. The summed E-state index contributed by atoms with van der Waals surface area (Å²) in [5.41, 5.74) is 2.71. The molecule has 1 saturated carbocycles. The summed E-state index contributed by atoms with van der Waals surface area (Å²) < 4.78 is 10.2. The number of nitrogens with zero attached hydrogens (tertiary/aromatic N) is 2. The van der Waals surface area contributed by atoms with E-state index in [0.717, 1.165) is 43.4 Å². The Kier molecular flexibility index (Phi) is 4.75. The molecule has 1 unspecified atom stereocenters. The zero-order valence-electron chi connectivity index (χ0n) is 17.0. The van der Waals surface area contributed by atoms with Gasteiger partial charge < -0.3 is 25.0 Å². The van der Waals surface area contributed by atoms with Crippen LogP contribution in [0.25, 0.3) is 0 Å². The Morgan fingerprint density at radius 1 is 1.27 bits per heavy atom. The lowest BCUT2D eigenvalue weighted by Crippen LogP contribution is -2.56. The number of alkyl carbamates (subject to hydrolysis) is 1. The summed E-state index contributed by atoms with van der Waals surface area (Å²) in [6, 6.07) is 1.33. The molecule has 1 aromatic heterocycles. The van der Waals surface area contributed by atoms with Crippen molar-refractivity contribution in [2.24, 2.45) is 11.8 Å². The number of rotatable bonds is 4. The van der Waals surface area contributed by atoms with Gasteiger partial charge in [-0.1, -0.05) is 0 Å². The molecule has 4 aliphatic rings. The average Bonchev–Trinajstić information content (AvgIpc) is 3.44. The van der Waals surface area contributed by atoms with Gasteiger partial charge in [0.25, 0.3) is 5.91 Å². The molecule has 2 bridgehead atoms. The highest BCUT2D eigenvalue weighted by Crippen LogP contribution is 2.38. The topological polar surface area (TPSA) is 110 Å². The summed E-state index contributed by atoms with van der Waals surface area (Å²) in [7, 11) is 1.55. The van der Waals surface area contributed by atoms with Crippen molar-refractivity contribution in [1.82, 2.24) is 20.5 Å². The number of ether oxygens (including phenoxy) is 2. The third-order valence-corrected chi connectivity index (χ3v) is 6.86. The lowest BCUT2D eigenvalue weighted by molar-refractivity contribution is -0.124. The summed E-state index contributed by atoms with van der Waals surface area (Å²) in [4.78, 5) is 43.5. The molecule has 0 spiro atoms. The summed E-state index contributed by atoms with van der Waals surface area (Å²) in [6.45, 7) is 1.24. The summed E-state index contributed by atoms with van der Waals surface area (Å²) >= 11 is 0. The van der Waals surface area contributed by atoms with E-state index in [2.05, 4.69) is 15.6 Å².